The molecule has 2 rings (SSSR count). The topological polar surface area (TPSA) is 228 Å². The number of hydrogen-bond acceptors (Lipinski definition) is 13. The molecule has 0 aliphatic carbocycles. The minimum Gasteiger partial charge on any atom is -0.394 e. The Hall–Kier alpha value is -2.31. The third-order valence-electron chi connectivity index (χ3n) is 17.2. The van der Waals surface area contributed by atoms with Crippen LogP contribution in [0.2, 0.25) is 0 Å². The molecule has 86 heavy (non-hydrogen) atoms. The van der Waals surface area contributed by atoms with Gasteiger partial charge in [0.1, 0.15) is 48.8 Å². The van der Waals surface area contributed by atoms with Crippen LogP contribution < -0.4 is 5.32 Å². The van der Waals surface area contributed by atoms with E-state index >= 15 is 0 Å². The number of carbonyl (C=O) groups excluding carboxylic acids is 1. The molecule has 2 aliphatic rings. The molecule has 0 aromatic carbocycles. The third kappa shape index (κ3) is 40.4. The second-order valence-corrected chi connectivity index (χ2v) is 25.0. The van der Waals surface area contributed by atoms with Crippen LogP contribution in [-0.2, 0) is 23.7 Å². The quantitative estimate of drug-likeness (QED) is 0.0204. The number of rotatable bonds is 58. The smallest absolute Gasteiger partial charge is 0.220 e. The van der Waals surface area contributed by atoms with Crippen molar-refractivity contribution in [3.05, 3.63) is 60.8 Å². The number of allylic oxidation sites excluding steroid dienone is 9. The highest BCUT2D eigenvalue weighted by molar-refractivity contribution is 5.76. The normalized spacial score (nSPS) is 23.7. The predicted molar refractivity (Wildman–Crippen MR) is 350 cm³/mol. The highest BCUT2D eigenvalue weighted by Crippen LogP contribution is 2.30. The number of unbranched alkanes of at least 4 members (excludes halogenated alkanes) is 37. The molecular formula is C72H131NO13. The average molecular weight is 1220 g/mol. The first kappa shape index (κ1) is 79.8. The lowest BCUT2D eigenvalue weighted by Crippen LogP contribution is -2.65. The lowest BCUT2D eigenvalue weighted by atomic mass is 9.97. The van der Waals surface area contributed by atoms with E-state index in [0.717, 1.165) is 64.2 Å². The number of hydrogen-bond donors (Lipinski definition) is 9. The second-order valence-electron chi connectivity index (χ2n) is 25.0. The van der Waals surface area contributed by atoms with E-state index < -0.39 is 86.8 Å². The summed E-state index contributed by atoms with van der Waals surface area (Å²) < 4.78 is 22.8. The van der Waals surface area contributed by atoms with Gasteiger partial charge in [0.25, 0.3) is 0 Å². The number of amides is 1. The van der Waals surface area contributed by atoms with E-state index in [-0.39, 0.29) is 18.9 Å². The molecule has 0 saturated carbocycles. The molecule has 2 fully saturated rings. The van der Waals surface area contributed by atoms with E-state index in [1.165, 1.54) is 205 Å². The van der Waals surface area contributed by atoms with Gasteiger partial charge in [-0.3, -0.25) is 4.79 Å². The van der Waals surface area contributed by atoms with E-state index in [9.17, 15) is 45.6 Å². The van der Waals surface area contributed by atoms with Gasteiger partial charge in [0.05, 0.1) is 32.0 Å². The van der Waals surface area contributed by atoms with Crippen LogP contribution in [0.5, 0.6) is 0 Å². The summed E-state index contributed by atoms with van der Waals surface area (Å²) in [6.45, 7) is 2.72. The zero-order chi connectivity index (χ0) is 62.3. The Morgan fingerprint density at radius 3 is 1.23 bits per heavy atom. The first-order valence-electron chi connectivity index (χ1n) is 35.5. The van der Waals surface area contributed by atoms with Crippen LogP contribution in [0.15, 0.2) is 60.8 Å². The molecule has 2 aliphatic heterocycles. The zero-order valence-electron chi connectivity index (χ0n) is 54.6. The fraction of sp³-hybridized carbons (Fsp3) is 0.847. The predicted octanol–water partition coefficient (Wildman–Crippen LogP) is 14.5. The Morgan fingerprint density at radius 1 is 0.430 bits per heavy atom. The van der Waals surface area contributed by atoms with Crippen LogP contribution in [0, 0.1) is 0 Å². The van der Waals surface area contributed by atoms with Crippen LogP contribution in [0.25, 0.3) is 0 Å². The fourth-order valence-electron chi connectivity index (χ4n) is 11.6. The molecule has 1 amide bonds. The van der Waals surface area contributed by atoms with E-state index in [0.29, 0.717) is 6.42 Å². The minimum absolute atomic E-state index is 0.235. The van der Waals surface area contributed by atoms with Crippen molar-refractivity contribution in [3.8, 4) is 0 Å². The monoisotopic (exact) mass is 1220 g/mol. The maximum atomic E-state index is 13.3. The van der Waals surface area contributed by atoms with Crippen molar-refractivity contribution < 1.29 is 64.6 Å². The molecule has 12 unspecified atom stereocenters. The highest BCUT2D eigenvalue weighted by Gasteiger charge is 2.51. The molecule has 2 heterocycles. The first-order valence-corrected chi connectivity index (χ1v) is 35.5. The third-order valence-corrected chi connectivity index (χ3v) is 17.2. The lowest BCUT2D eigenvalue weighted by molar-refractivity contribution is -0.359. The zero-order valence-corrected chi connectivity index (χ0v) is 54.6. The average Bonchev–Trinajstić information content (AvgIpc) is 2.46. The Labute approximate surface area is 524 Å². The van der Waals surface area contributed by atoms with Gasteiger partial charge >= 0.3 is 0 Å². The molecule has 0 bridgehead atoms. The van der Waals surface area contributed by atoms with Crippen molar-refractivity contribution in [1.29, 1.82) is 0 Å². The summed E-state index contributed by atoms with van der Waals surface area (Å²) in [6.07, 6.45) is 58.6. The molecule has 14 heteroatoms. The van der Waals surface area contributed by atoms with Crippen molar-refractivity contribution in [2.24, 2.45) is 0 Å². The first-order chi connectivity index (χ1) is 42.1. The van der Waals surface area contributed by atoms with Crippen LogP contribution in [0.1, 0.15) is 296 Å². The van der Waals surface area contributed by atoms with Crippen molar-refractivity contribution in [3.63, 3.8) is 0 Å². The molecule has 0 spiro atoms. The summed E-state index contributed by atoms with van der Waals surface area (Å²) in [6, 6.07) is -0.915. The molecule has 0 aromatic rings. The SMILES string of the molecule is CC/C=C\C/C=C\C/C=C\C/C=C\CCCCCCCCCCCCCCCCCCCCCCCCC(=O)NC(COC1OC(CO)C(OC2OC(CO)C(O)C(O)C2O)C(O)C1O)C(O)/C=C/CCCCCCCCCCCCCCCCC. The van der Waals surface area contributed by atoms with Crippen LogP contribution in [-0.4, -0.2) is 140 Å². The van der Waals surface area contributed by atoms with Gasteiger partial charge in [-0.05, 0) is 57.8 Å². The number of nitrogens with one attached hydrogen (secondary N) is 1. The molecule has 502 valence electrons. The number of aliphatic hydroxyl groups excluding tert-OH is 8. The van der Waals surface area contributed by atoms with Gasteiger partial charge in [-0.1, -0.05) is 293 Å². The number of ether oxygens (including phenoxy) is 4. The fourth-order valence-corrected chi connectivity index (χ4v) is 11.6. The van der Waals surface area contributed by atoms with Gasteiger partial charge in [-0.25, -0.2) is 0 Å². The molecular weight excluding hydrogens is 1090 g/mol. The summed E-state index contributed by atoms with van der Waals surface area (Å²) in [7, 11) is 0. The Morgan fingerprint density at radius 2 is 0.802 bits per heavy atom. The lowest BCUT2D eigenvalue weighted by Gasteiger charge is -2.46. The van der Waals surface area contributed by atoms with Crippen molar-refractivity contribution >= 4 is 5.91 Å². The van der Waals surface area contributed by atoms with Gasteiger partial charge in [0.15, 0.2) is 12.6 Å². The van der Waals surface area contributed by atoms with Gasteiger partial charge in [0, 0.05) is 6.42 Å². The number of carbonyl (C=O) groups is 1. The summed E-state index contributed by atoms with van der Waals surface area (Å²) in [5.41, 5.74) is 0. The van der Waals surface area contributed by atoms with Crippen molar-refractivity contribution in [2.45, 2.75) is 370 Å². The van der Waals surface area contributed by atoms with Gasteiger partial charge in [0.2, 0.25) is 5.91 Å². The summed E-state index contributed by atoms with van der Waals surface area (Å²) in [4.78, 5) is 13.3. The Balaban J connectivity index is 1.61. The second kappa shape index (κ2) is 56.7. The highest BCUT2D eigenvalue weighted by atomic mass is 16.7. The van der Waals surface area contributed by atoms with Crippen LogP contribution in [0.4, 0.5) is 0 Å². The molecule has 12 atom stereocenters. The minimum atomic E-state index is -1.79. The maximum Gasteiger partial charge on any atom is 0.220 e. The standard InChI is InChI=1S/C72H131NO13/c1-3-5-7-9-11-13-15-17-19-21-22-23-24-25-26-27-28-29-30-31-32-33-34-35-36-37-38-40-42-44-46-48-50-52-54-56-64(77)73-60(61(76)55-53-51-49-47-45-43-41-39-20-18-16-14-12-10-8-6-4-2)59-83-71-69(82)67(80)70(63(58-75)85-71)86-72-68(81)66(79)65(78)62(57-74)84-72/h5,7,11,13,17,19,22-23,53,55,60-63,65-72,74-76,78-82H,3-4,6,8-10,12,14-16,18,20-21,24-52,54,56-59H2,1-2H3,(H,73,77)/b7-5-,13-11-,19-17-,23-22-,55-53+. The van der Waals surface area contributed by atoms with E-state index in [4.69, 9.17) is 18.9 Å². The van der Waals surface area contributed by atoms with Gasteiger partial charge < -0.3 is 65.1 Å². The molecule has 14 nitrogen and oxygen atoms in total. The van der Waals surface area contributed by atoms with E-state index in [1.807, 2.05) is 6.08 Å². The summed E-state index contributed by atoms with van der Waals surface area (Å²) in [5.74, 6) is -0.235. The molecule has 9 N–H and O–H groups in total. The Kier molecular flexibility index (Phi) is 52.6. The van der Waals surface area contributed by atoms with Crippen LogP contribution >= 0.6 is 0 Å². The van der Waals surface area contributed by atoms with Crippen molar-refractivity contribution in [2.75, 3.05) is 19.8 Å². The van der Waals surface area contributed by atoms with Gasteiger partial charge in [-0.15, -0.1) is 0 Å². The van der Waals surface area contributed by atoms with Crippen molar-refractivity contribution in [1.82, 2.24) is 5.32 Å². The van der Waals surface area contributed by atoms with Crippen LogP contribution in [0.3, 0.4) is 0 Å². The largest absolute Gasteiger partial charge is 0.394 e. The number of aliphatic hydroxyl groups is 8. The Bertz CT molecular complexity index is 1670. The summed E-state index contributed by atoms with van der Waals surface area (Å²) in [5, 5.41) is 87.4. The maximum absolute atomic E-state index is 13.3. The summed E-state index contributed by atoms with van der Waals surface area (Å²) >= 11 is 0. The van der Waals surface area contributed by atoms with E-state index in [1.54, 1.807) is 6.08 Å². The molecule has 0 aromatic heterocycles. The van der Waals surface area contributed by atoms with Gasteiger partial charge in [-0.2, -0.15) is 0 Å². The molecule has 2 saturated heterocycles. The molecule has 0 radical (unpaired) electrons. The van der Waals surface area contributed by atoms with E-state index in [2.05, 4.69) is 67.8 Å².